The second-order valence-corrected chi connectivity index (χ2v) is 7.24. The summed E-state index contributed by atoms with van der Waals surface area (Å²) in [5, 5.41) is 5.94. The summed E-state index contributed by atoms with van der Waals surface area (Å²) in [7, 11) is -2.93. The highest BCUT2D eigenvalue weighted by Crippen LogP contribution is 2.26. The van der Waals surface area contributed by atoms with Gasteiger partial charge in [0.25, 0.3) is 0 Å². The number of hydrogen-bond donors (Lipinski definition) is 3. The first-order valence-corrected chi connectivity index (χ1v) is 8.57. The van der Waals surface area contributed by atoms with Gasteiger partial charge in [-0.15, -0.1) is 11.3 Å². The highest BCUT2D eigenvalue weighted by molar-refractivity contribution is 7.90. The first-order chi connectivity index (χ1) is 8.99. The maximum atomic E-state index is 11.0. The van der Waals surface area contributed by atoms with Crippen LogP contribution in [0.1, 0.15) is 6.42 Å². The van der Waals surface area contributed by atoms with Crippen LogP contribution in [0.5, 0.6) is 0 Å². The van der Waals surface area contributed by atoms with Crippen molar-refractivity contribution in [1.82, 2.24) is 9.97 Å². The zero-order valence-electron chi connectivity index (χ0n) is 10.4. The molecule has 0 aromatic carbocycles. The van der Waals surface area contributed by atoms with Crippen molar-refractivity contribution in [3.8, 4) is 0 Å². The number of rotatable bonds is 6. The Labute approximate surface area is 115 Å². The van der Waals surface area contributed by atoms with Gasteiger partial charge in [0, 0.05) is 12.8 Å². The lowest BCUT2D eigenvalue weighted by atomic mass is 10.3. The third-order valence-electron chi connectivity index (χ3n) is 2.44. The van der Waals surface area contributed by atoms with E-state index in [1.165, 1.54) is 17.6 Å². The van der Waals surface area contributed by atoms with E-state index < -0.39 is 9.84 Å². The molecule has 0 amide bonds. The van der Waals surface area contributed by atoms with E-state index >= 15 is 0 Å². The average molecular weight is 301 g/mol. The summed E-state index contributed by atoms with van der Waals surface area (Å²) in [5.41, 5.74) is 2.41. The summed E-state index contributed by atoms with van der Waals surface area (Å²) in [6.07, 6.45) is 1.76. The maximum absolute atomic E-state index is 11.0. The minimum atomic E-state index is -2.93. The Morgan fingerprint density at radius 3 is 2.89 bits per heavy atom. The maximum Gasteiger partial charge on any atom is 0.240 e. The molecule has 2 aromatic rings. The first-order valence-electron chi connectivity index (χ1n) is 5.63. The molecule has 0 atom stereocenters. The fourth-order valence-electron chi connectivity index (χ4n) is 1.60. The Kier molecular flexibility index (Phi) is 4.17. The zero-order chi connectivity index (χ0) is 13.9. The molecule has 4 N–H and O–H groups in total. The molecule has 2 aromatic heterocycles. The smallest absolute Gasteiger partial charge is 0.240 e. The van der Waals surface area contributed by atoms with E-state index in [0.29, 0.717) is 24.7 Å². The molecule has 0 saturated heterocycles. The van der Waals surface area contributed by atoms with Crippen LogP contribution in [0.3, 0.4) is 0 Å². The molecule has 0 bridgehead atoms. The van der Waals surface area contributed by atoms with Gasteiger partial charge in [0.05, 0.1) is 11.1 Å². The zero-order valence-corrected chi connectivity index (χ0v) is 12.0. The highest BCUT2D eigenvalue weighted by atomic mass is 32.2. The van der Waals surface area contributed by atoms with Crippen molar-refractivity contribution in [2.75, 3.05) is 29.3 Å². The van der Waals surface area contributed by atoms with Crippen molar-refractivity contribution in [2.45, 2.75) is 6.42 Å². The number of nitrogen functional groups attached to an aromatic ring is 1. The standard InChI is InChI=1S/C10H15N5O2S2/c1-19(16,17)6-2-4-12-8-7-3-5-18-9(7)14-10(13-8)15-11/h3,5H,2,4,6,11H2,1H3,(H2,12,13,14,15). The summed E-state index contributed by atoms with van der Waals surface area (Å²) in [5.74, 6) is 6.46. The molecule has 104 valence electrons. The average Bonchev–Trinajstić information content (AvgIpc) is 2.81. The molecule has 0 aliphatic rings. The molecule has 2 heterocycles. The van der Waals surface area contributed by atoms with E-state index in [2.05, 4.69) is 20.7 Å². The molecule has 19 heavy (non-hydrogen) atoms. The van der Waals surface area contributed by atoms with Crippen LogP contribution in [0.4, 0.5) is 11.8 Å². The van der Waals surface area contributed by atoms with Crippen LogP contribution < -0.4 is 16.6 Å². The molecule has 0 spiro atoms. The molecule has 9 heteroatoms. The van der Waals surface area contributed by atoms with Gasteiger partial charge in [-0.1, -0.05) is 0 Å². The lowest BCUT2D eigenvalue weighted by Gasteiger charge is -2.08. The van der Waals surface area contributed by atoms with Crippen molar-refractivity contribution in [3.63, 3.8) is 0 Å². The SMILES string of the molecule is CS(=O)(=O)CCCNc1nc(NN)nc2sccc12. The van der Waals surface area contributed by atoms with E-state index in [9.17, 15) is 8.42 Å². The van der Waals surface area contributed by atoms with Gasteiger partial charge >= 0.3 is 0 Å². The van der Waals surface area contributed by atoms with Crippen LogP contribution in [-0.4, -0.2) is 36.9 Å². The van der Waals surface area contributed by atoms with E-state index in [-0.39, 0.29) is 5.75 Å². The molecule has 2 rings (SSSR count). The Hall–Kier alpha value is -1.45. The van der Waals surface area contributed by atoms with Gasteiger partial charge < -0.3 is 5.32 Å². The molecular formula is C10H15N5O2S2. The first kappa shape index (κ1) is 14.0. The quantitative estimate of drug-likeness (QED) is 0.411. The molecule has 0 saturated carbocycles. The predicted molar refractivity (Wildman–Crippen MR) is 78.0 cm³/mol. The molecule has 7 nitrogen and oxygen atoms in total. The Balaban J connectivity index is 2.09. The van der Waals surface area contributed by atoms with Gasteiger partial charge in [-0.25, -0.2) is 19.2 Å². The van der Waals surface area contributed by atoms with Gasteiger partial charge in [0.15, 0.2) is 0 Å². The van der Waals surface area contributed by atoms with Crippen molar-refractivity contribution in [1.29, 1.82) is 0 Å². The van der Waals surface area contributed by atoms with Crippen LogP contribution in [0, 0.1) is 0 Å². The minimum absolute atomic E-state index is 0.153. The number of nitrogens with two attached hydrogens (primary N) is 1. The summed E-state index contributed by atoms with van der Waals surface area (Å²) >= 11 is 1.49. The fourth-order valence-corrected chi connectivity index (χ4v) is 3.03. The second-order valence-electron chi connectivity index (χ2n) is 4.09. The Morgan fingerprint density at radius 1 is 1.42 bits per heavy atom. The van der Waals surface area contributed by atoms with Crippen molar-refractivity contribution < 1.29 is 8.42 Å². The fraction of sp³-hybridized carbons (Fsp3) is 0.400. The summed E-state index contributed by atoms with van der Waals surface area (Å²) in [6, 6.07) is 1.92. The minimum Gasteiger partial charge on any atom is -0.369 e. The number of fused-ring (bicyclic) bond motifs is 1. The molecule has 0 fully saturated rings. The van der Waals surface area contributed by atoms with E-state index in [1.54, 1.807) is 0 Å². The number of hydrazine groups is 1. The Morgan fingerprint density at radius 2 is 2.21 bits per heavy atom. The van der Waals surface area contributed by atoms with Crippen LogP contribution in [0.25, 0.3) is 10.2 Å². The number of nitrogens with zero attached hydrogens (tertiary/aromatic N) is 2. The molecule has 0 aliphatic carbocycles. The number of aromatic nitrogens is 2. The summed E-state index contributed by atoms with van der Waals surface area (Å²) in [4.78, 5) is 9.27. The van der Waals surface area contributed by atoms with E-state index in [1.807, 2.05) is 11.4 Å². The third kappa shape index (κ3) is 3.75. The molecular weight excluding hydrogens is 286 g/mol. The predicted octanol–water partition coefficient (Wildman–Crippen LogP) is 0.823. The molecule has 0 aliphatic heterocycles. The van der Waals surface area contributed by atoms with Crippen LogP contribution >= 0.6 is 11.3 Å². The number of anilines is 2. The topological polar surface area (TPSA) is 110 Å². The monoisotopic (exact) mass is 301 g/mol. The molecule has 0 radical (unpaired) electrons. The largest absolute Gasteiger partial charge is 0.369 e. The van der Waals surface area contributed by atoms with Gasteiger partial charge in [0.2, 0.25) is 5.95 Å². The third-order valence-corrected chi connectivity index (χ3v) is 4.28. The van der Waals surface area contributed by atoms with Gasteiger partial charge in [-0.3, -0.25) is 5.43 Å². The van der Waals surface area contributed by atoms with Crippen LogP contribution in [0.2, 0.25) is 0 Å². The highest BCUT2D eigenvalue weighted by Gasteiger charge is 2.08. The summed E-state index contributed by atoms with van der Waals surface area (Å²) < 4.78 is 22.1. The Bertz CT molecular complexity index is 668. The molecule has 0 unspecified atom stereocenters. The summed E-state index contributed by atoms with van der Waals surface area (Å²) in [6.45, 7) is 0.527. The number of thiophene rings is 1. The number of sulfone groups is 1. The van der Waals surface area contributed by atoms with Gasteiger partial charge in [-0.05, 0) is 17.9 Å². The number of nitrogens with one attached hydrogen (secondary N) is 2. The van der Waals surface area contributed by atoms with Crippen molar-refractivity contribution in [2.24, 2.45) is 5.84 Å². The lowest BCUT2D eigenvalue weighted by molar-refractivity contribution is 0.600. The van der Waals surface area contributed by atoms with E-state index in [0.717, 1.165) is 10.2 Å². The van der Waals surface area contributed by atoms with Crippen LogP contribution in [-0.2, 0) is 9.84 Å². The van der Waals surface area contributed by atoms with Gasteiger partial charge in [0.1, 0.15) is 20.5 Å². The van der Waals surface area contributed by atoms with E-state index in [4.69, 9.17) is 5.84 Å². The van der Waals surface area contributed by atoms with Crippen molar-refractivity contribution in [3.05, 3.63) is 11.4 Å². The van der Waals surface area contributed by atoms with Gasteiger partial charge in [-0.2, -0.15) is 4.98 Å². The second kappa shape index (κ2) is 5.68. The van der Waals surface area contributed by atoms with Crippen molar-refractivity contribution >= 4 is 43.2 Å². The number of hydrogen-bond acceptors (Lipinski definition) is 8. The normalized spacial score (nSPS) is 11.7. The van der Waals surface area contributed by atoms with Crippen LogP contribution in [0.15, 0.2) is 11.4 Å². The lowest BCUT2D eigenvalue weighted by Crippen LogP contribution is -2.13.